The Morgan fingerprint density at radius 2 is 1.77 bits per heavy atom. The SMILES string of the molecule is CN(CC(=O)NC12CC3CC(CC(C3)C1)C2)[C@H]1CCCc2ccccc21. The van der Waals surface area contributed by atoms with Crippen LogP contribution in [0.2, 0.25) is 0 Å². The van der Waals surface area contributed by atoms with Gasteiger partial charge in [-0.25, -0.2) is 0 Å². The molecule has 0 aromatic heterocycles. The highest BCUT2D eigenvalue weighted by Crippen LogP contribution is 2.55. The maximum absolute atomic E-state index is 12.9. The molecule has 6 rings (SSSR count). The topological polar surface area (TPSA) is 32.3 Å². The van der Waals surface area contributed by atoms with Crippen molar-refractivity contribution in [1.82, 2.24) is 10.2 Å². The molecule has 1 N–H and O–H groups in total. The van der Waals surface area contributed by atoms with E-state index in [4.69, 9.17) is 0 Å². The molecule has 3 heteroatoms. The molecule has 0 saturated heterocycles. The predicted molar refractivity (Wildman–Crippen MR) is 104 cm³/mol. The molecule has 3 nitrogen and oxygen atoms in total. The van der Waals surface area contributed by atoms with Crippen molar-refractivity contribution >= 4 is 5.91 Å². The van der Waals surface area contributed by atoms with Gasteiger partial charge in [0.2, 0.25) is 5.91 Å². The summed E-state index contributed by atoms with van der Waals surface area (Å²) in [5, 5.41) is 3.54. The lowest BCUT2D eigenvalue weighted by Crippen LogP contribution is -2.60. The molecule has 26 heavy (non-hydrogen) atoms. The third kappa shape index (κ3) is 2.98. The molecule has 0 aliphatic heterocycles. The van der Waals surface area contributed by atoms with Crippen LogP contribution in [-0.4, -0.2) is 29.9 Å². The summed E-state index contributed by atoms with van der Waals surface area (Å²) >= 11 is 0. The first-order valence-corrected chi connectivity index (χ1v) is 10.7. The van der Waals surface area contributed by atoms with Gasteiger partial charge >= 0.3 is 0 Å². The fourth-order valence-electron chi connectivity index (χ4n) is 7.12. The Bertz CT molecular complexity index is 662. The number of amides is 1. The molecule has 1 aromatic carbocycles. The van der Waals surface area contributed by atoms with Crippen LogP contribution in [0, 0.1) is 17.8 Å². The van der Waals surface area contributed by atoms with Crippen molar-refractivity contribution in [3.05, 3.63) is 35.4 Å². The van der Waals surface area contributed by atoms with Gasteiger partial charge in [0.05, 0.1) is 6.54 Å². The number of nitrogens with zero attached hydrogens (tertiary/aromatic N) is 1. The van der Waals surface area contributed by atoms with Gasteiger partial charge in [-0.2, -0.15) is 0 Å². The third-order valence-corrected chi connectivity index (χ3v) is 7.71. The number of nitrogens with one attached hydrogen (secondary N) is 1. The van der Waals surface area contributed by atoms with Gasteiger partial charge in [0.15, 0.2) is 0 Å². The number of rotatable bonds is 4. The first-order valence-electron chi connectivity index (χ1n) is 10.7. The molecular weight excluding hydrogens is 320 g/mol. The quantitative estimate of drug-likeness (QED) is 0.885. The smallest absolute Gasteiger partial charge is 0.234 e. The number of hydrogen-bond donors (Lipinski definition) is 1. The molecular formula is C23H32N2O. The number of hydrogen-bond acceptors (Lipinski definition) is 2. The lowest BCUT2D eigenvalue weighted by atomic mass is 9.53. The minimum Gasteiger partial charge on any atom is -0.350 e. The predicted octanol–water partition coefficient (Wildman–Crippen LogP) is 4.08. The zero-order valence-corrected chi connectivity index (χ0v) is 16.0. The van der Waals surface area contributed by atoms with Crippen molar-refractivity contribution in [2.45, 2.75) is 69.4 Å². The maximum atomic E-state index is 12.9. The molecule has 0 spiro atoms. The Hall–Kier alpha value is -1.35. The summed E-state index contributed by atoms with van der Waals surface area (Å²) in [6.45, 7) is 0.529. The van der Waals surface area contributed by atoms with Gasteiger partial charge in [0, 0.05) is 11.6 Å². The van der Waals surface area contributed by atoms with E-state index < -0.39 is 0 Å². The van der Waals surface area contributed by atoms with E-state index in [-0.39, 0.29) is 11.4 Å². The van der Waals surface area contributed by atoms with Gasteiger partial charge < -0.3 is 5.32 Å². The second kappa shape index (κ2) is 6.37. The van der Waals surface area contributed by atoms with Crippen LogP contribution in [0.4, 0.5) is 0 Å². The first kappa shape index (κ1) is 16.8. The van der Waals surface area contributed by atoms with Crippen molar-refractivity contribution in [2.24, 2.45) is 17.8 Å². The molecule has 5 aliphatic rings. The van der Waals surface area contributed by atoms with Crippen LogP contribution < -0.4 is 5.32 Å². The van der Waals surface area contributed by atoms with Crippen LogP contribution in [0.3, 0.4) is 0 Å². The molecule has 0 heterocycles. The number of fused-ring (bicyclic) bond motifs is 1. The van der Waals surface area contributed by atoms with Gasteiger partial charge in [-0.1, -0.05) is 24.3 Å². The number of carbonyl (C=O) groups excluding carboxylic acids is 1. The summed E-state index contributed by atoms with van der Waals surface area (Å²) in [4.78, 5) is 15.2. The van der Waals surface area contributed by atoms with E-state index in [1.54, 1.807) is 0 Å². The fraction of sp³-hybridized carbons (Fsp3) is 0.696. The van der Waals surface area contributed by atoms with Crippen molar-refractivity contribution in [1.29, 1.82) is 0 Å². The minimum absolute atomic E-state index is 0.136. The highest BCUT2D eigenvalue weighted by Gasteiger charge is 2.51. The summed E-state index contributed by atoms with van der Waals surface area (Å²) in [7, 11) is 2.13. The molecule has 4 saturated carbocycles. The second-order valence-electron chi connectivity index (χ2n) is 9.77. The monoisotopic (exact) mass is 352 g/mol. The maximum Gasteiger partial charge on any atom is 0.234 e. The van der Waals surface area contributed by atoms with E-state index in [1.165, 1.54) is 62.5 Å². The molecule has 4 bridgehead atoms. The average Bonchev–Trinajstić information content (AvgIpc) is 2.59. The van der Waals surface area contributed by atoms with Gasteiger partial charge in [-0.3, -0.25) is 9.69 Å². The summed E-state index contributed by atoms with van der Waals surface area (Å²) in [6.07, 6.45) is 11.6. The van der Waals surface area contributed by atoms with Crippen LogP contribution in [0.15, 0.2) is 24.3 Å². The van der Waals surface area contributed by atoms with Gasteiger partial charge in [-0.05, 0) is 93.7 Å². The van der Waals surface area contributed by atoms with Crippen molar-refractivity contribution in [2.75, 3.05) is 13.6 Å². The van der Waals surface area contributed by atoms with Gasteiger partial charge in [0.1, 0.15) is 0 Å². The van der Waals surface area contributed by atoms with Crippen LogP contribution in [-0.2, 0) is 11.2 Å². The van der Waals surface area contributed by atoms with Crippen molar-refractivity contribution in [3.63, 3.8) is 0 Å². The molecule has 1 aromatic rings. The lowest BCUT2D eigenvalue weighted by molar-refractivity contribution is -0.128. The number of benzene rings is 1. The van der Waals surface area contributed by atoms with Crippen LogP contribution in [0.1, 0.15) is 68.5 Å². The molecule has 1 amide bonds. The molecule has 0 unspecified atom stereocenters. The summed E-state index contributed by atoms with van der Waals surface area (Å²) in [5.41, 5.74) is 3.04. The largest absolute Gasteiger partial charge is 0.350 e. The summed E-state index contributed by atoms with van der Waals surface area (Å²) in [6, 6.07) is 9.18. The van der Waals surface area contributed by atoms with Gasteiger partial charge in [0.25, 0.3) is 0 Å². The Labute approximate surface area is 157 Å². The highest BCUT2D eigenvalue weighted by atomic mass is 16.2. The van der Waals surface area contributed by atoms with Crippen molar-refractivity contribution < 1.29 is 4.79 Å². The Morgan fingerprint density at radius 1 is 1.12 bits per heavy atom. The number of aryl methyl sites for hydroxylation is 1. The van der Waals surface area contributed by atoms with Crippen LogP contribution in [0.5, 0.6) is 0 Å². The van der Waals surface area contributed by atoms with Crippen LogP contribution in [0.25, 0.3) is 0 Å². The van der Waals surface area contributed by atoms with E-state index in [0.717, 1.165) is 24.2 Å². The fourth-order valence-corrected chi connectivity index (χ4v) is 7.12. The van der Waals surface area contributed by atoms with Gasteiger partial charge in [-0.15, -0.1) is 0 Å². The van der Waals surface area contributed by atoms with E-state index in [1.807, 2.05) is 0 Å². The molecule has 0 radical (unpaired) electrons. The average molecular weight is 353 g/mol. The number of likely N-dealkylation sites (N-methyl/N-ethyl adjacent to an activating group) is 1. The van der Waals surface area contributed by atoms with E-state index in [9.17, 15) is 4.79 Å². The zero-order valence-electron chi connectivity index (χ0n) is 16.0. The van der Waals surface area contributed by atoms with E-state index in [2.05, 4.69) is 41.5 Å². The number of carbonyl (C=O) groups is 1. The molecule has 140 valence electrons. The molecule has 4 fully saturated rings. The Kier molecular flexibility index (Phi) is 4.11. The van der Waals surface area contributed by atoms with Crippen molar-refractivity contribution in [3.8, 4) is 0 Å². The third-order valence-electron chi connectivity index (χ3n) is 7.71. The molecule has 5 aliphatic carbocycles. The minimum atomic E-state index is 0.136. The molecule has 1 atom stereocenters. The van der Waals surface area contributed by atoms with E-state index in [0.29, 0.717) is 12.6 Å². The Balaban J connectivity index is 1.25. The highest BCUT2D eigenvalue weighted by molar-refractivity contribution is 5.79. The Morgan fingerprint density at radius 3 is 2.46 bits per heavy atom. The first-order chi connectivity index (χ1) is 12.6. The summed E-state index contributed by atoms with van der Waals surface area (Å²) in [5.74, 6) is 2.89. The lowest BCUT2D eigenvalue weighted by Gasteiger charge is -2.57. The van der Waals surface area contributed by atoms with Crippen LogP contribution >= 0.6 is 0 Å². The second-order valence-corrected chi connectivity index (χ2v) is 9.77. The standard InChI is InChI=1S/C23H32N2O/c1-25(21-8-4-6-19-5-2-3-7-20(19)21)15-22(26)24-23-12-16-9-17(13-23)11-18(10-16)14-23/h2-3,5,7,16-18,21H,4,6,8-15H2,1H3,(H,24,26)/t16?,17?,18?,21-,23?/m0/s1. The van der Waals surface area contributed by atoms with E-state index >= 15 is 0 Å². The summed E-state index contributed by atoms with van der Waals surface area (Å²) < 4.78 is 0. The normalized spacial score (nSPS) is 37.6. The zero-order chi connectivity index (χ0) is 17.7.